The maximum atomic E-state index is 5.44. The Kier molecular flexibility index (Phi) is 4.70. The van der Waals surface area contributed by atoms with Crippen LogP contribution in [0.25, 0.3) is 0 Å². The van der Waals surface area contributed by atoms with Crippen LogP contribution < -0.4 is 5.32 Å². The van der Waals surface area contributed by atoms with Crippen molar-refractivity contribution >= 4 is 0 Å². The van der Waals surface area contributed by atoms with Crippen LogP contribution in [0.4, 0.5) is 0 Å². The van der Waals surface area contributed by atoms with E-state index in [-0.39, 0.29) is 0 Å². The summed E-state index contributed by atoms with van der Waals surface area (Å²) < 4.78 is 0. The van der Waals surface area contributed by atoms with E-state index in [1.165, 1.54) is 12.8 Å². The van der Waals surface area contributed by atoms with Crippen molar-refractivity contribution in [3.63, 3.8) is 0 Å². The molecule has 1 rings (SSSR count). The third-order valence-corrected chi connectivity index (χ3v) is 2.87. The van der Waals surface area contributed by atoms with Crippen molar-refractivity contribution in [2.45, 2.75) is 45.2 Å². The van der Waals surface area contributed by atoms with Crippen molar-refractivity contribution in [2.75, 3.05) is 20.2 Å². The van der Waals surface area contributed by atoms with E-state index in [2.05, 4.69) is 24.2 Å². The van der Waals surface area contributed by atoms with Crippen molar-refractivity contribution in [3.05, 3.63) is 0 Å². The van der Waals surface area contributed by atoms with Crippen molar-refractivity contribution < 1.29 is 4.84 Å². The molecule has 2 unspecified atom stereocenters. The second-order valence-electron chi connectivity index (χ2n) is 3.80. The molecule has 0 aliphatic carbocycles. The van der Waals surface area contributed by atoms with E-state index in [1.807, 2.05) is 0 Å². The zero-order valence-electron chi connectivity index (χ0n) is 9.05. The first-order chi connectivity index (χ1) is 6.29. The molecule has 0 saturated carbocycles. The lowest BCUT2D eigenvalue weighted by atomic mass is 10.1. The number of nitrogens with zero attached hydrogens (tertiary/aromatic N) is 1. The van der Waals surface area contributed by atoms with Gasteiger partial charge in [0.05, 0.1) is 7.11 Å². The van der Waals surface area contributed by atoms with Gasteiger partial charge in [0, 0.05) is 18.6 Å². The third-order valence-electron chi connectivity index (χ3n) is 2.87. The monoisotopic (exact) mass is 186 g/mol. The molecule has 1 heterocycles. The Bertz CT molecular complexity index is 135. The van der Waals surface area contributed by atoms with Gasteiger partial charge in [-0.2, -0.15) is 5.06 Å². The van der Waals surface area contributed by atoms with Gasteiger partial charge >= 0.3 is 0 Å². The van der Waals surface area contributed by atoms with Crippen LogP contribution >= 0.6 is 0 Å². The normalized spacial score (nSPS) is 26.3. The molecule has 0 aromatic heterocycles. The first-order valence-electron chi connectivity index (χ1n) is 5.32. The lowest BCUT2D eigenvalue weighted by Crippen LogP contribution is -2.48. The summed E-state index contributed by atoms with van der Waals surface area (Å²) >= 11 is 0. The SMILES string of the molecule is CCC(C)N(OC)C1CCCNC1. The summed E-state index contributed by atoms with van der Waals surface area (Å²) in [5.74, 6) is 0. The smallest absolute Gasteiger partial charge is 0.0575 e. The molecule has 3 nitrogen and oxygen atoms in total. The highest BCUT2D eigenvalue weighted by molar-refractivity contribution is 4.76. The summed E-state index contributed by atoms with van der Waals surface area (Å²) in [4.78, 5) is 5.44. The van der Waals surface area contributed by atoms with E-state index in [9.17, 15) is 0 Å². The second-order valence-corrected chi connectivity index (χ2v) is 3.80. The summed E-state index contributed by atoms with van der Waals surface area (Å²) in [6.45, 7) is 6.65. The number of hydrogen-bond acceptors (Lipinski definition) is 3. The molecule has 1 aliphatic heterocycles. The van der Waals surface area contributed by atoms with Gasteiger partial charge in [-0.15, -0.1) is 0 Å². The summed E-state index contributed by atoms with van der Waals surface area (Å²) in [5.41, 5.74) is 0. The average molecular weight is 186 g/mol. The summed E-state index contributed by atoms with van der Waals surface area (Å²) in [5, 5.41) is 5.55. The summed E-state index contributed by atoms with van der Waals surface area (Å²) in [6, 6.07) is 1.09. The van der Waals surface area contributed by atoms with Crippen LogP contribution in [-0.4, -0.2) is 37.3 Å². The molecule has 0 aromatic carbocycles. The number of piperidine rings is 1. The first kappa shape index (κ1) is 11.0. The highest BCUT2D eigenvalue weighted by Crippen LogP contribution is 2.15. The van der Waals surface area contributed by atoms with Crippen LogP contribution in [0.2, 0.25) is 0 Å². The molecule has 0 bridgehead atoms. The van der Waals surface area contributed by atoms with Crippen molar-refractivity contribution in [2.24, 2.45) is 0 Å². The van der Waals surface area contributed by atoms with E-state index >= 15 is 0 Å². The van der Waals surface area contributed by atoms with Crippen molar-refractivity contribution in [1.29, 1.82) is 0 Å². The minimum absolute atomic E-state index is 0.523. The quantitative estimate of drug-likeness (QED) is 0.672. The van der Waals surface area contributed by atoms with Crippen LogP contribution in [0.1, 0.15) is 33.1 Å². The number of hydroxylamine groups is 2. The number of hydrogen-bond donors (Lipinski definition) is 1. The van der Waals surface area contributed by atoms with Gasteiger partial charge in [-0.3, -0.25) is 0 Å². The topological polar surface area (TPSA) is 24.5 Å². The summed E-state index contributed by atoms with van der Waals surface area (Å²) in [6.07, 6.45) is 3.66. The van der Waals surface area contributed by atoms with E-state index in [1.54, 1.807) is 7.11 Å². The Morgan fingerprint density at radius 3 is 2.85 bits per heavy atom. The highest BCUT2D eigenvalue weighted by Gasteiger charge is 2.24. The predicted molar refractivity (Wildman–Crippen MR) is 54.5 cm³/mol. The minimum atomic E-state index is 0.523. The van der Waals surface area contributed by atoms with Gasteiger partial charge in [-0.05, 0) is 32.7 Å². The Morgan fingerprint density at radius 2 is 2.38 bits per heavy atom. The molecule has 0 radical (unpaired) electrons. The molecule has 3 heteroatoms. The van der Waals surface area contributed by atoms with Crippen LogP contribution in [0.15, 0.2) is 0 Å². The maximum absolute atomic E-state index is 5.44. The molecule has 0 aromatic rings. The first-order valence-corrected chi connectivity index (χ1v) is 5.32. The van der Waals surface area contributed by atoms with E-state index in [0.29, 0.717) is 12.1 Å². The van der Waals surface area contributed by atoms with Gasteiger partial charge in [0.25, 0.3) is 0 Å². The van der Waals surface area contributed by atoms with E-state index in [4.69, 9.17) is 4.84 Å². The lowest BCUT2D eigenvalue weighted by Gasteiger charge is -2.36. The molecular formula is C10H22N2O. The van der Waals surface area contributed by atoms with E-state index < -0.39 is 0 Å². The zero-order chi connectivity index (χ0) is 9.68. The van der Waals surface area contributed by atoms with Crippen molar-refractivity contribution in [1.82, 2.24) is 10.4 Å². The molecule has 2 atom stereocenters. The number of nitrogens with one attached hydrogen (secondary N) is 1. The molecule has 1 saturated heterocycles. The van der Waals surface area contributed by atoms with Gasteiger partial charge in [0.15, 0.2) is 0 Å². The Labute approximate surface area is 81.4 Å². The Balaban J connectivity index is 2.43. The molecule has 1 N–H and O–H groups in total. The van der Waals surface area contributed by atoms with Gasteiger partial charge in [-0.25, -0.2) is 0 Å². The largest absolute Gasteiger partial charge is 0.315 e. The molecule has 0 amide bonds. The fraction of sp³-hybridized carbons (Fsp3) is 1.00. The molecule has 1 fully saturated rings. The maximum Gasteiger partial charge on any atom is 0.0575 e. The third kappa shape index (κ3) is 2.93. The van der Waals surface area contributed by atoms with Gasteiger partial charge in [-0.1, -0.05) is 6.92 Å². The van der Waals surface area contributed by atoms with Gasteiger partial charge in [0.2, 0.25) is 0 Å². The molecular weight excluding hydrogens is 164 g/mol. The Hall–Kier alpha value is -0.120. The standard InChI is InChI=1S/C10H22N2O/c1-4-9(2)12(13-3)10-6-5-7-11-8-10/h9-11H,4-8H2,1-3H3. The van der Waals surface area contributed by atoms with Crippen LogP contribution in [0.5, 0.6) is 0 Å². The fourth-order valence-electron chi connectivity index (χ4n) is 1.92. The summed E-state index contributed by atoms with van der Waals surface area (Å²) in [7, 11) is 1.78. The minimum Gasteiger partial charge on any atom is -0.315 e. The number of rotatable bonds is 4. The molecule has 78 valence electrons. The van der Waals surface area contributed by atoms with Gasteiger partial charge in [0.1, 0.15) is 0 Å². The Morgan fingerprint density at radius 1 is 1.62 bits per heavy atom. The highest BCUT2D eigenvalue weighted by atomic mass is 16.7. The van der Waals surface area contributed by atoms with Crippen LogP contribution in [-0.2, 0) is 4.84 Å². The van der Waals surface area contributed by atoms with E-state index in [0.717, 1.165) is 19.5 Å². The second kappa shape index (κ2) is 5.58. The van der Waals surface area contributed by atoms with Crippen molar-refractivity contribution in [3.8, 4) is 0 Å². The van der Waals surface area contributed by atoms with Crippen LogP contribution in [0, 0.1) is 0 Å². The average Bonchev–Trinajstić information content (AvgIpc) is 2.20. The van der Waals surface area contributed by atoms with Gasteiger partial charge < -0.3 is 10.2 Å². The molecule has 1 aliphatic rings. The molecule has 13 heavy (non-hydrogen) atoms. The predicted octanol–water partition coefficient (Wildman–Crippen LogP) is 1.40. The lowest BCUT2D eigenvalue weighted by molar-refractivity contribution is -0.190. The molecule has 0 spiro atoms. The van der Waals surface area contributed by atoms with Crippen LogP contribution in [0.3, 0.4) is 0 Å². The zero-order valence-corrected chi connectivity index (χ0v) is 9.05. The fourth-order valence-corrected chi connectivity index (χ4v) is 1.92.